The maximum Gasteiger partial charge on any atom is 0.242 e. The molecule has 0 radical (unpaired) electrons. The fraction of sp³-hybridized carbons (Fsp3) is 0.348. The number of nitrogens with two attached hydrogens (primary N) is 1. The van der Waals surface area contributed by atoms with Gasteiger partial charge in [0.25, 0.3) is 0 Å². The monoisotopic (exact) mass is 457 g/mol. The molecule has 0 fully saturated rings. The summed E-state index contributed by atoms with van der Waals surface area (Å²) in [6, 6.07) is 6.67. The van der Waals surface area contributed by atoms with Crippen LogP contribution >= 0.6 is 11.6 Å². The Morgan fingerprint density at radius 3 is 2.88 bits per heavy atom. The molecule has 0 saturated carbocycles. The van der Waals surface area contributed by atoms with Crippen molar-refractivity contribution in [3.8, 4) is 0 Å². The van der Waals surface area contributed by atoms with Crippen molar-refractivity contribution in [2.45, 2.75) is 44.3 Å². The molecule has 2 aliphatic rings. The minimum absolute atomic E-state index is 0.0413. The highest BCUT2D eigenvalue weighted by Gasteiger charge is 2.29. The van der Waals surface area contributed by atoms with Crippen molar-refractivity contribution in [3.05, 3.63) is 64.1 Å². The highest BCUT2D eigenvalue weighted by atomic mass is 35.5. The summed E-state index contributed by atoms with van der Waals surface area (Å²) in [5.41, 5.74) is 9.27. The molecule has 3 atom stereocenters. The molecule has 2 aromatic rings. The molecule has 0 bridgehead atoms. The van der Waals surface area contributed by atoms with Gasteiger partial charge in [-0.2, -0.15) is 0 Å². The van der Waals surface area contributed by atoms with Crippen molar-refractivity contribution in [1.29, 1.82) is 0 Å². The molecule has 5 N–H and O–H groups in total. The van der Waals surface area contributed by atoms with Crippen LogP contribution in [0.15, 0.2) is 36.4 Å². The lowest BCUT2D eigenvalue weighted by Crippen LogP contribution is -2.52. The average molecular weight is 458 g/mol. The van der Waals surface area contributed by atoms with Crippen LogP contribution in [-0.2, 0) is 16.0 Å². The zero-order chi connectivity index (χ0) is 22.8. The molecule has 1 aromatic carbocycles. The van der Waals surface area contributed by atoms with Gasteiger partial charge in [-0.1, -0.05) is 29.8 Å². The first-order valence-electron chi connectivity index (χ1n) is 10.6. The minimum atomic E-state index is -0.714. The lowest BCUT2D eigenvalue weighted by atomic mass is 9.96. The lowest BCUT2D eigenvalue weighted by Gasteiger charge is -2.25. The third kappa shape index (κ3) is 4.76. The molecule has 2 amide bonds. The van der Waals surface area contributed by atoms with Crippen LogP contribution in [0.1, 0.15) is 42.6 Å². The number of benzene rings is 1. The van der Waals surface area contributed by atoms with Crippen LogP contribution < -0.4 is 21.7 Å². The molecule has 0 saturated heterocycles. The van der Waals surface area contributed by atoms with Crippen molar-refractivity contribution in [2.24, 2.45) is 0 Å². The smallest absolute Gasteiger partial charge is 0.242 e. The first-order valence-corrected chi connectivity index (χ1v) is 10.9. The largest absolute Gasteiger partial charge is 0.384 e. The Morgan fingerprint density at radius 2 is 2.09 bits per heavy atom. The number of aromatic nitrogens is 1. The molecule has 0 spiro atoms. The molecule has 1 aliphatic heterocycles. The van der Waals surface area contributed by atoms with E-state index >= 15 is 0 Å². The van der Waals surface area contributed by atoms with Crippen LogP contribution in [-0.4, -0.2) is 35.4 Å². The predicted molar refractivity (Wildman–Crippen MR) is 121 cm³/mol. The van der Waals surface area contributed by atoms with Crippen molar-refractivity contribution < 1.29 is 14.0 Å². The Bertz CT molecular complexity index is 1090. The lowest BCUT2D eigenvalue weighted by molar-refractivity contribution is -0.129. The van der Waals surface area contributed by atoms with Crippen LogP contribution in [0.2, 0.25) is 5.02 Å². The van der Waals surface area contributed by atoms with E-state index < -0.39 is 17.9 Å². The summed E-state index contributed by atoms with van der Waals surface area (Å²) < 4.78 is 13.5. The highest BCUT2D eigenvalue weighted by molar-refractivity contribution is 6.30. The number of halogens is 2. The summed E-state index contributed by atoms with van der Waals surface area (Å²) in [6.45, 7) is 2.23. The van der Waals surface area contributed by atoms with Gasteiger partial charge in [0, 0.05) is 12.2 Å². The number of aryl methyl sites for hydroxylation is 1. The maximum absolute atomic E-state index is 13.5. The molecule has 9 heteroatoms. The zero-order valence-electron chi connectivity index (χ0n) is 17.6. The second-order valence-electron chi connectivity index (χ2n) is 8.10. The average Bonchev–Trinajstić information content (AvgIpc) is 3.17. The SMILES string of the molecule is C[C@H](NC(=O)[C@@H]1C=C(c2ccc(F)c(Cl)c2)CCN1)C(=O)N[C@@H]1CCc2nc(N)ccc21. The third-order valence-corrected chi connectivity index (χ3v) is 6.13. The van der Waals surface area contributed by atoms with E-state index in [-0.39, 0.29) is 22.9 Å². The fourth-order valence-electron chi connectivity index (χ4n) is 4.11. The summed E-state index contributed by atoms with van der Waals surface area (Å²) in [7, 11) is 0. The Hall–Kier alpha value is -2.97. The second kappa shape index (κ2) is 9.26. The van der Waals surface area contributed by atoms with Crippen LogP contribution in [0, 0.1) is 5.82 Å². The van der Waals surface area contributed by atoms with Crippen molar-refractivity contribution in [3.63, 3.8) is 0 Å². The van der Waals surface area contributed by atoms with Gasteiger partial charge in [-0.25, -0.2) is 9.37 Å². The Morgan fingerprint density at radius 1 is 1.28 bits per heavy atom. The molecule has 4 rings (SSSR count). The number of pyridine rings is 1. The molecule has 7 nitrogen and oxygen atoms in total. The fourth-order valence-corrected chi connectivity index (χ4v) is 4.29. The number of carbonyl (C=O) groups excluding carboxylic acids is 2. The summed E-state index contributed by atoms with van der Waals surface area (Å²) in [5, 5.41) is 8.93. The van der Waals surface area contributed by atoms with E-state index in [0.29, 0.717) is 18.8 Å². The van der Waals surface area contributed by atoms with Gasteiger partial charge < -0.3 is 21.7 Å². The van der Waals surface area contributed by atoms with E-state index in [1.54, 1.807) is 31.2 Å². The van der Waals surface area contributed by atoms with Gasteiger partial charge in [0.15, 0.2) is 0 Å². The normalized spacial score (nSPS) is 20.8. The molecule has 0 unspecified atom stereocenters. The number of nitrogens with one attached hydrogen (secondary N) is 3. The quantitative estimate of drug-likeness (QED) is 0.551. The molecular weight excluding hydrogens is 433 g/mol. The summed E-state index contributed by atoms with van der Waals surface area (Å²) >= 11 is 5.89. The van der Waals surface area contributed by atoms with Gasteiger partial charge in [-0.15, -0.1) is 0 Å². The number of nitrogens with zero attached hydrogens (tertiary/aromatic N) is 1. The molecular formula is C23H25ClFN5O2. The van der Waals surface area contributed by atoms with Crippen LogP contribution in [0.3, 0.4) is 0 Å². The van der Waals surface area contributed by atoms with Gasteiger partial charge in [0.1, 0.15) is 23.7 Å². The van der Waals surface area contributed by atoms with Crippen molar-refractivity contribution >= 4 is 34.8 Å². The standard InChI is InChI=1S/C23H25ClFN5O2/c1-12(22(31)30-19-6-5-18-15(19)3-7-21(26)29-18)28-23(32)20-11-14(8-9-27-20)13-2-4-17(25)16(24)10-13/h2-4,7,10-12,19-20,27H,5-6,8-9H2,1H3,(H2,26,29)(H,28,32)(H,30,31)/t12-,19+,20-/m0/s1. The summed E-state index contributed by atoms with van der Waals surface area (Å²) in [4.78, 5) is 29.8. The van der Waals surface area contributed by atoms with E-state index in [9.17, 15) is 14.0 Å². The summed E-state index contributed by atoms with van der Waals surface area (Å²) in [5.74, 6) is -0.590. The number of hydrogen-bond acceptors (Lipinski definition) is 5. The number of nitrogen functional groups attached to an aromatic ring is 1. The molecule has 1 aliphatic carbocycles. The Kier molecular flexibility index (Phi) is 6.43. The first kappa shape index (κ1) is 22.2. The van der Waals surface area contributed by atoms with E-state index in [1.807, 2.05) is 6.07 Å². The van der Waals surface area contributed by atoms with Crippen molar-refractivity contribution in [2.75, 3.05) is 12.3 Å². The summed E-state index contributed by atoms with van der Waals surface area (Å²) in [6.07, 6.45) is 3.96. The van der Waals surface area contributed by atoms with E-state index in [0.717, 1.165) is 35.2 Å². The maximum atomic E-state index is 13.5. The predicted octanol–water partition coefficient (Wildman–Crippen LogP) is 2.51. The van der Waals surface area contributed by atoms with Gasteiger partial charge in [-0.05, 0) is 61.1 Å². The first-order chi connectivity index (χ1) is 15.3. The third-order valence-electron chi connectivity index (χ3n) is 5.84. The zero-order valence-corrected chi connectivity index (χ0v) is 18.4. The molecule has 32 heavy (non-hydrogen) atoms. The molecule has 1 aromatic heterocycles. The van der Waals surface area contributed by atoms with E-state index in [1.165, 1.54) is 6.07 Å². The topological polar surface area (TPSA) is 109 Å². The van der Waals surface area contributed by atoms with Gasteiger partial charge in [-0.3, -0.25) is 9.59 Å². The number of amides is 2. The van der Waals surface area contributed by atoms with E-state index in [2.05, 4.69) is 20.9 Å². The minimum Gasteiger partial charge on any atom is -0.384 e. The Balaban J connectivity index is 1.38. The van der Waals surface area contributed by atoms with Gasteiger partial charge >= 0.3 is 0 Å². The van der Waals surface area contributed by atoms with Crippen molar-refractivity contribution in [1.82, 2.24) is 20.9 Å². The van der Waals surface area contributed by atoms with Gasteiger partial charge in [0.2, 0.25) is 11.8 Å². The Labute approximate surface area is 190 Å². The number of carbonyl (C=O) groups is 2. The van der Waals surface area contributed by atoms with Crippen LogP contribution in [0.4, 0.5) is 10.2 Å². The van der Waals surface area contributed by atoms with Crippen LogP contribution in [0.5, 0.6) is 0 Å². The number of fused-ring (bicyclic) bond motifs is 1. The number of rotatable bonds is 5. The molecule has 168 valence electrons. The second-order valence-corrected chi connectivity index (χ2v) is 8.51. The number of hydrogen-bond donors (Lipinski definition) is 4. The van der Waals surface area contributed by atoms with Crippen LogP contribution in [0.25, 0.3) is 5.57 Å². The number of anilines is 1. The van der Waals surface area contributed by atoms with E-state index in [4.69, 9.17) is 17.3 Å². The highest BCUT2D eigenvalue weighted by Crippen LogP contribution is 2.30. The van der Waals surface area contributed by atoms with Gasteiger partial charge in [0.05, 0.1) is 11.1 Å². The molecule has 2 heterocycles.